The van der Waals surface area contributed by atoms with E-state index in [0.717, 1.165) is 18.3 Å². The molecule has 0 N–H and O–H groups in total. The maximum Gasteiger partial charge on any atom is 0.146 e. The number of rotatable bonds is 1. The van der Waals surface area contributed by atoms with Gasteiger partial charge in [-0.15, -0.1) is 0 Å². The Hall–Kier alpha value is -1.16. The van der Waals surface area contributed by atoms with Crippen LogP contribution in [0, 0.1) is 5.92 Å². The SMILES string of the molecule is c1cc(N2CCC3CCN2CC3)ncn1. The molecule has 0 saturated carbocycles. The lowest BCUT2D eigenvalue weighted by molar-refractivity contribution is 0.206. The van der Waals surface area contributed by atoms with E-state index in [-0.39, 0.29) is 0 Å². The van der Waals surface area contributed by atoms with E-state index in [2.05, 4.69) is 20.0 Å². The molecule has 0 aliphatic carbocycles. The molecular formula is C11H16N4. The lowest BCUT2D eigenvalue weighted by Crippen LogP contribution is -2.44. The number of hydrogen-bond acceptors (Lipinski definition) is 4. The van der Waals surface area contributed by atoms with Crippen LogP contribution in [-0.2, 0) is 0 Å². The van der Waals surface area contributed by atoms with Gasteiger partial charge in [0.2, 0.25) is 0 Å². The number of piperidine rings is 1. The molecule has 4 heteroatoms. The summed E-state index contributed by atoms with van der Waals surface area (Å²) in [6.07, 6.45) is 7.46. The van der Waals surface area contributed by atoms with Crippen LogP contribution in [-0.4, -0.2) is 34.6 Å². The average molecular weight is 204 g/mol. The first kappa shape index (κ1) is 9.09. The van der Waals surface area contributed by atoms with E-state index in [0.29, 0.717) is 0 Å². The highest BCUT2D eigenvalue weighted by atomic mass is 15.6. The van der Waals surface area contributed by atoms with Gasteiger partial charge < -0.3 is 0 Å². The first-order valence-electron chi connectivity index (χ1n) is 5.72. The van der Waals surface area contributed by atoms with E-state index in [1.54, 1.807) is 6.33 Å². The molecule has 0 aromatic carbocycles. The Kier molecular flexibility index (Phi) is 2.29. The van der Waals surface area contributed by atoms with Gasteiger partial charge in [-0.2, -0.15) is 0 Å². The van der Waals surface area contributed by atoms with Gasteiger partial charge in [0, 0.05) is 31.9 Å². The van der Waals surface area contributed by atoms with Crippen molar-refractivity contribution >= 4 is 5.82 Å². The first-order chi connectivity index (χ1) is 7.43. The second-order valence-electron chi connectivity index (χ2n) is 4.38. The van der Waals surface area contributed by atoms with E-state index >= 15 is 0 Å². The third-order valence-electron chi connectivity index (χ3n) is 3.51. The Morgan fingerprint density at radius 2 is 1.93 bits per heavy atom. The quantitative estimate of drug-likeness (QED) is 0.690. The highest BCUT2D eigenvalue weighted by molar-refractivity contribution is 5.35. The Labute approximate surface area is 89.9 Å². The Balaban J connectivity index is 1.86. The van der Waals surface area contributed by atoms with Crippen LogP contribution in [0.25, 0.3) is 0 Å². The number of fused-ring (bicyclic) bond motifs is 4. The van der Waals surface area contributed by atoms with Gasteiger partial charge in [0.05, 0.1) is 0 Å². The van der Waals surface area contributed by atoms with Crippen LogP contribution in [0.3, 0.4) is 0 Å². The van der Waals surface area contributed by atoms with Crippen LogP contribution >= 0.6 is 0 Å². The molecule has 1 aromatic rings. The molecule has 0 atom stereocenters. The fourth-order valence-corrected chi connectivity index (χ4v) is 2.59. The molecule has 4 nitrogen and oxygen atoms in total. The van der Waals surface area contributed by atoms with Crippen molar-refractivity contribution < 1.29 is 0 Å². The highest BCUT2D eigenvalue weighted by Crippen LogP contribution is 2.28. The second kappa shape index (κ2) is 3.77. The fraction of sp³-hybridized carbons (Fsp3) is 0.636. The number of anilines is 1. The third kappa shape index (κ3) is 1.69. The molecule has 15 heavy (non-hydrogen) atoms. The summed E-state index contributed by atoms with van der Waals surface area (Å²) >= 11 is 0. The van der Waals surface area contributed by atoms with Crippen LogP contribution in [0.15, 0.2) is 18.6 Å². The van der Waals surface area contributed by atoms with Crippen LogP contribution in [0.1, 0.15) is 19.3 Å². The maximum absolute atomic E-state index is 4.33. The summed E-state index contributed by atoms with van der Waals surface area (Å²) in [6, 6.07) is 2.00. The average Bonchev–Trinajstić information content (AvgIpc) is 2.63. The summed E-state index contributed by atoms with van der Waals surface area (Å²) in [6.45, 7) is 3.49. The monoisotopic (exact) mass is 204 g/mol. The first-order valence-corrected chi connectivity index (χ1v) is 5.72. The van der Waals surface area contributed by atoms with Crippen molar-refractivity contribution in [3.05, 3.63) is 18.6 Å². The molecule has 0 amide bonds. The molecule has 0 unspecified atom stereocenters. The minimum atomic E-state index is 0.938. The summed E-state index contributed by atoms with van der Waals surface area (Å²) < 4.78 is 0. The minimum Gasteiger partial charge on any atom is -0.289 e. The van der Waals surface area contributed by atoms with Crippen molar-refractivity contribution in [2.75, 3.05) is 24.6 Å². The normalized spacial score (nSPS) is 30.3. The topological polar surface area (TPSA) is 32.3 Å². The standard InChI is InChI=1S/C11H16N4/c1-5-12-9-13-11(1)15-8-4-10-2-6-14(15)7-3-10/h1,5,9-10H,2-4,6-8H2. The molecule has 3 aliphatic rings. The van der Waals surface area contributed by atoms with Gasteiger partial charge in [0.15, 0.2) is 0 Å². The zero-order valence-corrected chi connectivity index (χ0v) is 8.84. The van der Waals surface area contributed by atoms with Crippen LogP contribution in [0.4, 0.5) is 5.82 Å². The Morgan fingerprint density at radius 1 is 1.13 bits per heavy atom. The Bertz CT molecular complexity index is 319. The van der Waals surface area contributed by atoms with Crippen LogP contribution in [0.2, 0.25) is 0 Å². The van der Waals surface area contributed by atoms with E-state index in [4.69, 9.17) is 0 Å². The lowest BCUT2D eigenvalue weighted by atomic mass is 9.96. The molecule has 1 aromatic heterocycles. The summed E-state index contributed by atoms with van der Waals surface area (Å²) in [7, 11) is 0. The molecule has 3 aliphatic heterocycles. The second-order valence-corrected chi connectivity index (χ2v) is 4.38. The van der Waals surface area contributed by atoms with Crippen molar-refractivity contribution in [1.29, 1.82) is 0 Å². The molecule has 4 rings (SSSR count). The van der Waals surface area contributed by atoms with Gasteiger partial charge >= 0.3 is 0 Å². The van der Waals surface area contributed by atoms with Crippen molar-refractivity contribution in [2.45, 2.75) is 19.3 Å². The number of hydrazine groups is 1. The molecular weight excluding hydrogens is 188 g/mol. The van der Waals surface area contributed by atoms with Gasteiger partial charge in [0.1, 0.15) is 12.1 Å². The summed E-state index contributed by atoms with van der Waals surface area (Å²) in [5.74, 6) is 1.99. The van der Waals surface area contributed by atoms with Crippen LogP contribution < -0.4 is 5.01 Å². The van der Waals surface area contributed by atoms with Gasteiger partial charge in [-0.05, 0) is 25.2 Å². The molecule has 3 fully saturated rings. The summed E-state index contributed by atoms with van der Waals surface area (Å²) in [5, 5.41) is 4.76. The van der Waals surface area contributed by atoms with Gasteiger partial charge in [0.25, 0.3) is 0 Å². The molecule has 0 spiro atoms. The van der Waals surface area contributed by atoms with Gasteiger partial charge in [-0.25, -0.2) is 15.0 Å². The fourth-order valence-electron chi connectivity index (χ4n) is 2.59. The van der Waals surface area contributed by atoms with E-state index in [1.165, 1.54) is 32.4 Å². The highest BCUT2D eigenvalue weighted by Gasteiger charge is 2.28. The molecule has 80 valence electrons. The van der Waals surface area contributed by atoms with Gasteiger partial charge in [-0.3, -0.25) is 5.01 Å². The predicted octanol–water partition coefficient (Wildman–Crippen LogP) is 1.31. The van der Waals surface area contributed by atoms with Crippen molar-refractivity contribution in [2.24, 2.45) is 5.92 Å². The minimum absolute atomic E-state index is 0.938. The summed E-state index contributed by atoms with van der Waals surface area (Å²) in [5.41, 5.74) is 0. The molecule has 2 bridgehead atoms. The molecule has 4 heterocycles. The van der Waals surface area contributed by atoms with E-state index in [9.17, 15) is 0 Å². The number of aromatic nitrogens is 2. The smallest absolute Gasteiger partial charge is 0.146 e. The predicted molar refractivity (Wildman–Crippen MR) is 58.3 cm³/mol. The van der Waals surface area contributed by atoms with Crippen molar-refractivity contribution in [3.8, 4) is 0 Å². The summed E-state index contributed by atoms with van der Waals surface area (Å²) in [4.78, 5) is 8.30. The van der Waals surface area contributed by atoms with Gasteiger partial charge in [-0.1, -0.05) is 0 Å². The maximum atomic E-state index is 4.33. The number of nitrogens with zero attached hydrogens (tertiary/aromatic N) is 4. The van der Waals surface area contributed by atoms with E-state index in [1.807, 2.05) is 12.3 Å². The van der Waals surface area contributed by atoms with Crippen molar-refractivity contribution in [1.82, 2.24) is 15.0 Å². The van der Waals surface area contributed by atoms with Crippen LogP contribution in [0.5, 0.6) is 0 Å². The van der Waals surface area contributed by atoms with E-state index < -0.39 is 0 Å². The number of hydrogen-bond donors (Lipinski definition) is 0. The zero-order chi connectivity index (χ0) is 10.1. The molecule has 0 radical (unpaired) electrons. The van der Waals surface area contributed by atoms with Crippen molar-refractivity contribution in [3.63, 3.8) is 0 Å². The largest absolute Gasteiger partial charge is 0.289 e. The third-order valence-corrected chi connectivity index (χ3v) is 3.51. The molecule has 3 saturated heterocycles. The Morgan fingerprint density at radius 3 is 2.67 bits per heavy atom. The lowest BCUT2D eigenvalue weighted by Gasteiger charge is -2.35. The zero-order valence-electron chi connectivity index (χ0n) is 8.84.